The predicted molar refractivity (Wildman–Crippen MR) is 70.6 cm³/mol. The zero-order valence-corrected chi connectivity index (χ0v) is 10.7. The quantitative estimate of drug-likeness (QED) is 0.666. The van der Waals surface area contributed by atoms with Crippen molar-refractivity contribution in [1.29, 1.82) is 0 Å². The molecule has 1 aromatic carbocycles. The molecule has 0 aliphatic carbocycles. The molecule has 18 heavy (non-hydrogen) atoms. The summed E-state index contributed by atoms with van der Waals surface area (Å²) < 4.78 is 0. The fraction of sp³-hybridized carbons (Fsp3) is 0.385. The average molecular weight is 249 g/mol. The van der Waals surface area contributed by atoms with E-state index in [1.165, 1.54) is 0 Å². The first-order valence-electron chi connectivity index (χ1n) is 5.76. The van der Waals surface area contributed by atoms with Crippen LogP contribution in [0.2, 0.25) is 0 Å². The molecule has 0 spiro atoms. The van der Waals surface area contributed by atoms with E-state index in [-0.39, 0.29) is 5.91 Å². The van der Waals surface area contributed by atoms with Crippen LogP contribution in [-0.4, -0.2) is 17.4 Å². The number of primary amides is 1. The van der Waals surface area contributed by atoms with E-state index in [0.29, 0.717) is 18.5 Å². The van der Waals surface area contributed by atoms with Gasteiger partial charge in [0, 0.05) is 12.1 Å². The number of amides is 2. The minimum absolute atomic E-state index is 0.198. The maximum Gasteiger partial charge on any atom is 0.242 e. The molecule has 0 atom stereocenters. The van der Waals surface area contributed by atoms with Crippen molar-refractivity contribution in [3.8, 4) is 0 Å². The summed E-state index contributed by atoms with van der Waals surface area (Å²) in [6, 6.07) is 7.34. The SMILES string of the molecule is CC(C)(NC(=O)CCc1ccc(N)cc1)C(N)=O. The Kier molecular flexibility index (Phi) is 4.31. The Labute approximate surface area is 107 Å². The maximum absolute atomic E-state index is 11.7. The predicted octanol–water partition coefficient (Wildman–Crippen LogP) is 0.582. The van der Waals surface area contributed by atoms with Gasteiger partial charge in [0.2, 0.25) is 11.8 Å². The number of nitrogens with one attached hydrogen (secondary N) is 1. The van der Waals surface area contributed by atoms with Crippen molar-refractivity contribution < 1.29 is 9.59 Å². The first-order chi connectivity index (χ1) is 8.31. The number of hydrogen-bond donors (Lipinski definition) is 3. The molecule has 0 unspecified atom stereocenters. The number of hydrogen-bond acceptors (Lipinski definition) is 3. The molecule has 0 aliphatic rings. The Morgan fingerprint density at radius 2 is 1.78 bits per heavy atom. The second-order valence-electron chi connectivity index (χ2n) is 4.78. The molecule has 0 radical (unpaired) electrons. The van der Waals surface area contributed by atoms with Gasteiger partial charge in [-0.2, -0.15) is 0 Å². The lowest BCUT2D eigenvalue weighted by atomic mass is 10.0. The third-order valence-electron chi connectivity index (χ3n) is 2.69. The van der Waals surface area contributed by atoms with E-state index in [2.05, 4.69) is 5.32 Å². The Morgan fingerprint density at radius 1 is 1.22 bits per heavy atom. The summed E-state index contributed by atoms with van der Waals surface area (Å²) >= 11 is 0. The van der Waals surface area contributed by atoms with Crippen LogP contribution in [0, 0.1) is 0 Å². The van der Waals surface area contributed by atoms with Gasteiger partial charge in [0.05, 0.1) is 0 Å². The molecular formula is C13H19N3O2. The van der Waals surface area contributed by atoms with Crippen LogP contribution in [0.3, 0.4) is 0 Å². The largest absolute Gasteiger partial charge is 0.399 e. The van der Waals surface area contributed by atoms with E-state index < -0.39 is 11.4 Å². The summed E-state index contributed by atoms with van der Waals surface area (Å²) in [5.41, 5.74) is 11.4. The van der Waals surface area contributed by atoms with Gasteiger partial charge in [0.25, 0.3) is 0 Å². The third kappa shape index (κ3) is 4.08. The van der Waals surface area contributed by atoms with Crippen molar-refractivity contribution in [3.05, 3.63) is 29.8 Å². The van der Waals surface area contributed by atoms with Crippen molar-refractivity contribution in [3.63, 3.8) is 0 Å². The Morgan fingerprint density at radius 3 is 2.28 bits per heavy atom. The van der Waals surface area contributed by atoms with Gasteiger partial charge in [-0.15, -0.1) is 0 Å². The standard InChI is InChI=1S/C13H19N3O2/c1-13(2,12(15)18)16-11(17)8-5-9-3-6-10(14)7-4-9/h3-4,6-7H,5,8,14H2,1-2H3,(H2,15,18)(H,16,17). The van der Waals surface area contributed by atoms with Gasteiger partial charge in [-0.25, -0.2) is 0 Å². The molecule has 5 nitrogen and oxygen atoms in total. The van der Waals surface area contributed by atoms with Crippen molar-refractivity contribution in [2.24, 2.45) is 5.73 Å². The topological polar surface area (TPSA) is 98.2 Å². The first-order valence-corrected chi connectivity index (χ1v) is 5.76. The normalized spacial score (nSPS) is 11.0. The summed E-state index contributed by atoms with van der Waals surface area (Å²) in [6.07, 6.45) is 0.904. The van der Waals surface area contributed by atoms with Crippen LogP contribution in [0.5, 0.6) is 0 Å². The van der Waals surface area contributed by atoms with Crippen LogP contribution < -0.4 is 16.8 Å². The molecular weight excluding hydrogens is 230 g/mol. The number of nitrogen functional groups attached to an aromatic ring is 1. The maximum atomic E-state index is 11.7. The molecule has 98 valence electrons. The summed E-state index contributed by atoms with van der Waals surface area (Å²) in [4.78, 5) is 22.7. The molecule has 0 saturated carbocycles. The van der Waals surface area contributed by atoms with Crippen LogP contribution in [-0.2, 0) is 16.0 Å². The Bertz CT molecular complexity index is 438. The average Bonchev–Trinajstić information content (AvgIpc) is 2.27. The smallest absolute Gasteiger partial charge is 0.242 e. The molecule has 0 aliphatic heterocycles. The highest BCUT2D eigenvalue weighted by Crippen LogP contribution is 2.08. The monoisotopic (exact) mass is 249 g/mol. The molecule has 0 aromatic heterocycles. The summed E-state index contributed by atoms with van der Waals surface area (Å²) in [7, 11) is 0. The lowest BCUT2D eigenvalue weighted by Gasteiger charge is -2.22. The highest BCUT2D eigenvalue weighted by atomic mass is 16.2. The van der Waals surface area contributed by atoms with Crippen LogP contribution in [0.4, 0.5) is 5.69 Å². The zero-order valence-electron chi connectivity index (χ0n) is 10.7. The minimum Gasteiger partial charge on any atom is -0.399 e. The number of anilines is 1. The third-order valence-corrected chi connectivity index (χ3v) is 2.69. The van der Waals surface area contributed by atoms with Crippen molar-refractivity contribution in [2.75, 3.05) is 5.73 Å². The first kappa shape index (κ1) is 14.0. The van der Waals surface area contributed by atoms with Crippen LogP contribution in [0.15, 0.2) is 24.3 Å². The van der Waals surface area contributed by atoms with E-state index in [9.17, 15) is 9.59 Å². The second kappa shape index (κ2) is 5.53. The van der Waals surface area contributed by atoms with Gasteiger partial charge in [-0.1, -0.05) is 12.1 Å². The van der Waals surface area contributed by atoms with Crippen LogP contribution in [0.25, 0.3) is 0 Å². The number of aryl methyl sites for hydroxylation is 1. The molecule has 0 heterocycles. The van der Waals surface area contributed by atoms with E-state index in [1.807, 2.05) is 12.1 Å². The number of rotatable bonds is 5. The number of carbonyl (C=O) groups excluding carboxylic acids is 2. The zero-order chi connectivity index (χ0) is 13.8. The summed E-state index contributed by atoms with van der Waals surface area (Å²) in [5, 5.41) is 2.60. The highest BCUT2D eigenvalue weighted by Gasteiger charge is 2.26. The van der Waals surface area contributed by atoms with Crippen molar-refractivity contribution in [1.82, 2.24) is 5.32 Å². The van der Waals surface area contributed by atoms with Crippen LogP contribution in [0.1, 0.15) is 25.8 Å². The fourth-order valence-electron chi connectivity index (χ4n) is 1.41. The fourth-order valence-corrected chi connectivity index (χ4v) is 1.41. The van der Waals surface area contributed by atoms with Gasteiger partial charge in [0.1, 0.15) is 5.54 Å². The Balaban J connectivity index is 2.47. The van der Waals surface area contributed by atoms with Crippen molar-refractivity contribution >= 4 is 17.5 Å². The molecule has 0 saturated heterocycles. The van der Waals surface area contributed by atoms with E-state index in [1.54, 1.807) is 26.0 Å². The lowest BCUT2D eigenvalue weighted by Crippen LogP contribution is -2.53. The molecule has 0 bridgehead atoms. The molecule has 0 fully saturated rings. The Hall–Kier alpha value is -2.04. The highest BCUT2D eigenvalue weighted by molar-refractivity contribution is 5.89. The molecule has 5 N–H and O–H groups in total. The van der Waals surface area contributed by atoms with Crippen molar-refractivity contribution in [2.45, 2.75) is 32.2 Å². The van der Waals surface area contributed by atoms with Gasteiger partial charge in [-0.3, -0.25) is 9.59 Å². The van der Waals surface area contributed by atoms with Gasteiger partial charge >= 0.3 is 0 Å². The number of nitrogens with two attached hydrogens (primary N) is 2. The van der Waals surface area contributed by atoms with Crippen LogP contribution >= 0.6 is 0 Å². The van der Waals surface area contributed by atoms with E-state index in [4.69, 9.17) is 11.5 Å². The van der Waals surface area contributed by atoms with Gasteiger partial charge in [0.15, 0.2) is 0 Å². The molecule has 1 aromatic rings. The summed E-state index contributed by atoms with van der Waals surface area (Å²) in [6.45, 7) is 3.16. The molecule has 5 heteroatoms. The molecule has 2 amide bonds. The van der Waals surface area contributed by atoms with Gasteiger partial charge < -0.3 is 16.8 Å². The second-order valence-corrected chi connectivity index (χ2v) is 4.78. The number of carbonyl (C=O) groups is 2. The number of benzene rings is 1. The van der Waals surface area contributed by atoms with E-state index in [0.717, 1.165) is 5.56 Å². The molecule has 1 rings (SSSR count). The van der Waals surface area contributed by atoms with Gasteiger partial charge in [-0.05, 0) is 38.0 Å². The minimum atomic E-state index is -1.02. The summed E-state index contributed by atoms with van der Waals surface area (Å²) in [5.74, 6) is -0.751. The lowest BCUT2D eigenvalue weighted by molar-refractivity contribution is -0.130. The van der Waals surface area contributed by atoms with E-state index >= 15 is 0 Å².